The molecule has 6 heteroatoms. The Morgan fingerprint density at radius 3 is 2.77 bits per heavy atom. The number of fused-ring (bicyclic) bond motifs is 1. The van der Waals surface area contributed by atoms with E-state index >= 15 is 0 Å². The number of aromatic nitrogens is 2. The van der Waals surface area contributed by atoms with Gasteiger partial charge in [0.25, 0.3) is 5.91 Å². The Morgan fingerprint density at radius 2 is 2.04 bits per heavy atom. The lowest BCUT2D eigenvalue weighted by atomic mass is 10.0. The molecule has 1 saturated heterocycles. The lowest BCUT2D eigenvalue weighted by Crippen LogP contribution is -2.46. The van der Waals surface area contributed by atoms with E-state index in [1.165, 1.54) is 11.3 Å². The van der Waals surface area contributed by atoms with Crippen LogP contribution in [0.4, 0.5) is 0 Å². The highest BCUT2D eigenvalue weighted by molar-refractivity contribution is 5.94. The van der Waals surface area contributed by atoms with Crippen LogP contribution in [-0.2, 0) is 12.8 Å². The van der Waals surface area contributed by atoms with Crippen LogP contribution in [0.5, 0.6) is 0 Å². The summed E-state index contributed by atoms with van der Waals surface area (Å²) in [6.07, 6.45) is 5.01. The summed E-state index contributed by atoms with van der Waals surface area (Å²) < 4.78 is 1.97. The summed E-state index contributed by atoms with van der Waals surface area (Å²) in [7, 11) is 0. The second-order valence-electron chi connectivity index (χ2n) is 7.42. The van der Waals surface area contributed by atoms with Crippen molar-refractivity contribution >= 4 is 18.3 Å². The molecule has 0 spiro atoms. The van der Waals surface area contributed by atoms with Gasteiger partial charge in [-0.05, 0) is 64.6 Å². The summed E-state index contributed by atoms with van der Waals surface area (Å²) in [5.41, 5.74) is 5.23. The molecular formula is C20H27ClN4O. The summed E-state index contributed by atoms with van der Waals surface area (Å²) in [5.74, 6) is -0.0110. The Balaban J connectivity index is 0.00000196. The van der Waals surface area contributed by atoms with Gasteiger partial charge in [0.05, 0.1) is 5.69 Å². The molecule has 26 heavy (non-hydrogen) atoms. The molecule has 2 aliphatic rings. The molecule has 2 unspecified atom stereocenters. The van der Waals surface area contributed by atoms with Crippen LogP contribution < -0.4 is 10.6 Å². The Kier molecular flexibility index (Phi) is 5.68. The van der Waals surface area contributed by atoms with Gasteiger partial charge >= 0.3 is 0 Å². The van der Waals surface area contributed by atoms with Crippen LogP contribution in [0.25, 0.3) is 5.69 Å². The topological polar surface area (TPSA) is 59.0 Å². The predicted octanol–water partition coefficient (Wildman–Crippen LogP) is 2.96. The molecule has 1 fully saturated rings. The maximum Gasteiger partial charge on any atom is 0.272 e. The fourth-order valence-corrected chi connectivity index (χ4v) is 4.04. The van der Waals surface area contributed by atoms with Crippen molar-refractivity contribution in [1.82, 2.24) is 20.4 Å². The number of piperidine rings is 1. The molecule has 2 heterocycles. The summed E-state index contributed by atoms with van der Waals surface area (Å²) in [6, 6.07) is 9.04. The molecule has 5 nitrogen and oxygen atoms in total. The van der Waals surface area contributed by atoms with Crippen molar-refractivity contribution < 1.29 is 4.79 Å². The van der Waals surface area contributed by atoms with Gasteiger partial charge in [0.1, 0.15) is 0 Å². The molecule has 0 saturated carbocycles. The molecule has 0 bridgehead atoms. The first kappa shape index (κ1) is 18.9. The smallest absolute Gasteiger partial charge is 0.272 e. The lowest BCUT2D eigenvalue weighted by Gasteiger charge is -2.28. The molecule has 1 aliphatic carbocycles. The van der Waals surface area contributed by atoms with Crippen LogP contribution in [-0.4, -0.2) is 34.3 Å². The van der Waals surface area contributed by atoms with Crippen molar-refractivity contribution in [2.75, 3.05) is 6.54 Å². The predicted molar refractivity (Wildman–Crippen MR) is 106 cm³/mol. The third kappa shape index (κ3) is 3.64. The minimum absolute atomic E-state index is 0. The van der Waals surface area contributed by atoms with Gasteiger partial charge < -0.3 is 10.6 Å². The van der Waals surface area contributed by atoms with E-state index < -0.39 is 0 Å². The van der Waals surface area contributed by atoms with Crippen LogP contribution in [0.3, 0.4) is 0 Å². The first-order valence-electron chi connectivity index (χ1n) is 9.34. The maximum atomic E-state index is 12.9. The minimum Gasteiger partial charge on any atom is -0.348 e. The van der Waals surface area contributed by atoms with E-state index in [0.29, 0.717) is 11.7 Å². The van der Waals surface area contributed by atoms with Crippen molar-refractivity contribution in [1.29, 1.82) is 0 Å². The standard InChI is InChI=1S/C20H26N4O.ClH/c1-13-6-8-16(9-7-13)24-18-5-3-4-17(18)19(23-24)20(25)22-15-10-11-21-14(2)12-15;/h6-9,14-15,21H,3-5,10-12H2,1-2H3,(H,22,25);1H. The van der Waals surface area contributed by atoms with Gasteiger partial charge in [0.15, 0.2) is 5.69 Å². The maximum absolute atomic E-state index is 12.9. The number of carbonyl (C=O) groups excluding carboxylic acids is 1. The van der Waals surface area contributed by atoms with Gasteiger partial charge in [-0.3, -0.25) is 4.79 Å². The summed E-state index contributed by atoms with van der Waals surface area (Å²) >= 11 is 0. The number of hydrogen-bond donors (Lipinski definition) is 2. The zero-order valence-corrected chi connectivity index (χ0v) is 16.2. The molecular weight excluding hydrogens is 348 g/mol. The molecule has 1 aromatic heterocycles. The molecule has 1 amide bonds. The fourth-order valence-electron chi connectivity index (χ4n) is 4.04. The molecule has 2 aromatic rings. The second kappa shape index (κ2) is 7.80. The van der Waals surface area contributed by atoms with Crippen molar-refractivity contribution in [3.8, 4) is 5.69 Å². The van der Waals surface area contributed by atoms with Crippen LogP contribution in [0.1, 0.15) is 53.5 Å². The SMILES string of the molecule is Cc1ccc(-n2nc(C(=O)NC3CCNC(C)C3)c3c2CCC3)cc1.Cl. The fraction of sp³-hybridized carbons (Fsp3) is 0.500. The number of aryl methyl sites for hydroxylation is 1. The van der Waals surface area contributed by atoms with Gasteiger partial charge in [0, 0.05) is 23.3 Å². The van der Waals surface area contributed by atoms with Gasteiger partial charge in [-0.1, -0.05) is 17.7 Å². The van der Waals surface area contributed by atoms with E-state index in [9.17, 15) is 4.79 Å². The Bertz CT molecular complexity index is 784. The molecule has 140 valence electrons. The number of nitrogens with one attached hydrogen (secondary N) is 2. The highest BCUT2D eigenvalue weighted by atomic mass is 35.5. The van der Waals surface area contributed by atoms with E-state index in [1.54, 1.807) is 0 Å². The average molecular weight is 375 g/mol. The van der Waals surface area contributed by atoms with Crippen molar-refractivity contribution in [2.24, 2.45) is 0 Å². The van der Waals surface area contributed by atoms with E-state index in [4.69, 9.17) is 5.10 Å². The third-order valence-corrected chi connectivity index (χ3v) is 5.38. The Labute approximate surface area is 161 Å². The number of hydrogen-bond acceptors (Lipinski definition) is 3. The van der Waals surface area contributed by atoms with Gasteiger partial charge in [-0.25, -0.2) is 4.68 Å². The molecule has 2 N–H and O–H groups in total. The molecule has 1 aliphatic heterocycles. The van der Waals surface area contributed by atoms with Gasteiger partial charge in [-0.2, -0.15) is 5.10 Å². The van der Waals surface area contributed by atoms with Crippen molar-refractivity contribution in [2.45, 2.75) is 58.0 Å². The molecule has 2 atom stereocenters. The lowest BCUT2D eigenvalue weighted by molar-refractivity contribution is 0.0919. The second-order valence-corrected chi connectivity index (χ2v) is 7.42. The number of nitrogens with zero attached hydrogens (tertiary/aromatic N) is 2. The van der Waals surface area contributed by atoms with Crippen LogP contribution in [0.15, 0.2) is 24.3 Å². The molecule has 0 radical (unpaired) electrons. The number of rotatable bonds is 3. The summed E-state index contributed by atoms with van der Waals surface area (Å²) in [5, 5.41) is 11.3. The highest BCUT2D eigenvalue weighted by Gasteiger charge is 2.28. The first-order valence-corrected chi connectivity index (χ1v) is 9.34. The largest absolute Gasteiger partial charge is 0.348 e. The van der Waals surface area contributed by atoms with Crippen LogP contribution in [0.2, 0.25) is 0 Å². The number of amides is 1. The quantitative estimate of drug-likeness (QED) is 0.868. The average Bonchev–Trinajstić information content (AvgIpc) is 3.18. The van der Waals surface area contributed by atoms with Crippen LogP contribution >= 0.6 is 12.4 Å². The number of halogens is 1. The monoisotopic (exact) mass is 374 g/mol. The molecule has 1 aromatic carbocycles. The van der Waals surface area contributed by atoms with Crippen molar-refractivity contribution in [3.05, 3.63) is 46.8 Å². The zero-order valence-electron chi connectivity index (χ0n) is 15.4. The van der Waals surface area contributed by atoms with Crippen molar-refractivity contribution in [3.63, 3.8) is 0 Å². The van der Waals surface area contributed by atoms with E-state index in [2.05, 4.69) is 48.7 Å². The molecule has 4 rings (SSSR count). The highest BCUT2D eigenvalue weighted by Crippen LogP contribution is 2.28. The Hall–Kier alpha value is -1.85. The summed E-state index contributed by atoms with van der Waals surface area (Å²) in [6.45, 7) is 5.21. The van der Waals surface area contributed by atoms with Gasteiger partial charge in [0.2, 0.25) is 0 Å². The van der Waals surface area contributed by atoms with E-state index in [-0.39, 0.29) is 24.4 Å². The third-order valence-electron chi connectivity index (χ3n) is 5.38. The summed E-state index contributed by atoms with van der Waals surface area (Å²) in [4.78, 5) is 12.9. The number of benzene rings is 1. The Morgan fingerprint density at radius 1 is 1.27 bits per heavy atom. The normalized spacial score (nSPS) is 21.8. The van der Waals surface area contributed by atoms with E-state index in [0.717, 1.165) is 49.9 Å². The van der Waals surface area contributed by atoms with E-state index in [1.807, 2.05) is 4.68 Å². The minimum atomic E-state index is -0.0110. The first-order chi connectivity index (χ1) is 12.1. The van der Waals surface area contributed by atoms with Gasteiger partial charge in [-0.15, -0.1) is 12.4 Å². The zero-order chi connectivity index (χ0) is 17.4. The number of carbonyl (C=O) groups is 1. The van der Waals surface area contributed by atoms with Crippen LogP contribution in [0, 0.1) is 6.92 Å².